The summed E-state index contributed by atoms with van der Waals surface area (Å²) in [5.74, 6) is 1.69. The smallest absolute Gasteiger partial charge is 0.323 e. The third-order valence-corrected chi connectivity index (χ3v) is 2.92. The topological polar surface area (TPSA) is 95.0 Å². The van der Waals surface area contributed by atoms with Crippen LogP contribution in [0.25, 0.3) is 0 Å². The number of aromatic nitrogens is 5. The standard InChI is InChI=1S/C11H15N7O/c1-2-19-11-15-9(12)14-10(16-11)18-6-5-17-4-3-13-8(17)7-18/h3-4H,2,5-7H2,1H3,(H2,12,14,15,16). The summed E-state index contributed by atoms with van der Waals surface area (Å²) in [5, 5.41) is 0. The zero-order chi connectivity index (χ0) is 13.2. The second-order valence-corrected chi connectivity index (χ2v) is 4.17. The van der Waals surface area contributed by atoms with E-state index in [1.807, 2.05) is 18.0 Å². The summed E-state index contributed by atoms with van der Waals surface area (Å²) >= 11 is 0. The maximum Gasteiger partial charge on any atom is 0.323 e. The van der Waals surface area contributed by atoms with Gasteiger partial charge in [-0.15, -0.1) is 0 Å². The van der Waals surface area contributed by atoms with Crippen LogP contribution in [0.15, 0.2) is 12.4 Å². The van der Waals surface area contributed by atoms with E-state index in [-0.39, 0.29) is 12.0 Å². The molecule has 0 unspecified atom stereocenters. The minimum atomic E-state index is 0.169. The van der Waals surface area contributed by atoms with Gasteiger partial charge in [0.15, 0.2) is 0 Å². The highest BCUT2D eigenvalue weighted by Gasteiger charge is 2.20. The van der Waals surface area contributed by atoms with E-state index in [1.165, 1.54) is 0 Å². The molecule has 1 aliphatic heterocycles. The van der Waals surface area contributed by atoms with Crippen molar-refractivity contribution in [3.8, 4) is 6.01 Å². The van der Waals surface area contributed by atoms with Crippen LogP contribution in [0, 0.1) is 0 Å². The highest BCUT2D eigenvalue weighted by molar-refractivity contribution is 5.36. The van der Waals surface area contributed by atoms with Gasteiger partial charge in [0.1, 0.15) is 5.82 Å². The molecule has 0 atom stereocenters. The minimum Gasteiger partial charge on any atom is -0.464 e. The van der Waals surface area contributed by atoms with Gasteiger partial charge in [-0.3, -0.25) is 0 Å². The number of hydrogen-bond donors (Lipinski definition) is 1. The van der Waals surface area contributed by atoms with Gasteiger partial charge in [-0.1, -0.05) is 0 Å². The quantitative estimate of drug-likeness (QED) is 0.835. The van der Waals surface area contributed by atoms with Crippen LogP contribution in [0.3, 0.4) is 0 Å². The normalized spacial score (nSPS) is 14.3. The Kier molecular flexibility index (Phi) is 2.90. The third-order valence-electron chi connectivity index (χ3n) is 2.92. The monoisotopic (exact) mass is 261 g/mol. The van der Waals surface area contributed by atoms with Crippen molar-refractivity contribution in [1.29, 1.82) is 0 Å². The second-order valence-electron chi connectivity index (χ2n) is 4.17. The van der Waals surface area contributed by atoms with Gasteiger partial charge in [-0.25, -0.2) is 4.98 Å². The number of nitrogen functional groups attached to an aromatic ring is 1. The number of ether oxygens (including phenoxy) is 1. The summed E-state index contributed by atoms with van der Waals surface area (Å²) in [7, 11) is 0. The molecule has 3 rings (SSSR count). The first kappa shape index (κ1) is 11.7. The van der Waals surface area contributed by atoms with Gasteiger partial charge >= 0.3 is 6.01 Å². The lowest BCUT2D eigenvalue weighted by Gasteiger charge is -2.27. The van der Waals surface area contributed by atoms with Crippen LogP contribution in [0.2, 0.25) is 0 Å². The van der Waals surface area contributed by atoms with Crippen molar-refractivity contribution in [2.45, 2.75) is 20.0 Å². The summed E-state index contributed by atoms with van der Waals surface area (Å²) in [5.41, 5.74) is 5.68. The fourth-order valence-electron chi connectivity index (χ4n) is 2.04. The molecule has 2 N–H and O–H groups in total. The molecule has 0 saturated heterocycles. The van der Waals surface area contributed by atoms with Crippen LogP contribution in [0.5, 0.6) is 6.01 Å². The summed E-state index contributed by atoms with van der Waals surface area (Å²) < 4.78 is 7.40. The van der Waals surface area contributed by atoms with Crippen molar-refractivity contribution in [1.82, 2.24) is 24.5 Å². The van der Waals surface area contributed by atoms with Crippen LogP contribution in [-0.2, 0) is 13.1 Å². The van der Waals surface area contributed by atoms with Gasteiger partial charge in [0.25, 0.3) is 0 Å². The number of fused-ring (bicyclic) bond motifs is 1. The fraction of sp³-hybridized carbons (Fsp3) is 0.455. The molecule has 8 heteroatoms. The maximum atomic E-state index is 5.68. The zero-order valence-corrected chi connectivity index (χ0v) is 10.7. The van der Waals surface area contributed by atoms with Crippen molar-refractivity contribution >= 4 is 11.9 Å². The minimum absolute atomic E-state index is 0.169. The van der Waals surface area contributed by atoms with E-state index in [9.17, 15) is 0 Å². The SMILES string of the molecule is CCOc1nc(N)nc(N2CCn3ccnc3C2)n1. The first-order chi connectivity index (χ1) is 9.26. The molecule has 0 fully saturated rings. The Hall–Kier alpha value is -2.38. The molecule has 0 aliphatic carbocycles. The van der Waals surface area contributed by atoms with Crippen molar-refractivity contribution in [2.75, 3.05) is 23.8 Å². The highest BCUT2D eigenvalue weighted by atomic mass is 16.5. The van der Waals surface area contributed by atoms with Gasteiger partial charge in [-0.2, -0.15) is 15.0 Å². The molecule has 0 saturated carbocycles. The number of nitrogens with two attached hydrogens (primary N) is 1. The Bertz CT molecular complexity index is 582. The molecular formula is C11H15N7O. The van der Waals surface area contributed by atoms with Gasteiger partial charge in [0.2, 0.25) is 11.9 Å². The largest absolute Gasteiger partial charge is 0.464 e. The fourth-order valence-corrected chi connectivity index (χ4v) is 2.04. The van der Waals surface area contributed by atoms with E-state index < -0.39 is 0 Å². The lowest BCUT2D eigenvalue weighted by Crippen LogP contribution is -2.35. The average molecular weight is 261 g/mol. The van der Waals surface area contributed by atoms with Crippen molar-refractivity contribution in [3.05, 3.63) is 18.2 Å². The number of hydrogen-bond acceptors (Lipinski definition) is 7. The summed E-state index contributed by atoms with van der Waals surface area (Å²) in [4.78, 5) is 18.7. The lowest BCUT2D eigenvalue weighted by molar-refractivity contribution is 0.312. The van der Waals surface area contributed by atoms with Gasteiger partial charge in [0.05, 0.1) is 13.2 Å². The Labute approximate surface area is 110 Å². The van der Waals surface area contributed by atoms with Crippen LogP contribution >= 0.6 is 0 Å². The van der Waals surface area contributed by atoms with Crippen molar-refractivity contribution in [2.24, 2.45) is 0 Å². The summed E-state index contributed by atoms with van der Waals surface area (Å²) in [6, 6.07) is 0.263. The van der Waals surface area contributed by atoms with Crippen LogP contribution in [0.4, 0.5) is 11.9 Å². The Morgan fingerprint density at radius 3 is 3.05 bits per heavy atom. The molecule has 2 aromatic heterocycles. The lowest BCUT2D eigenvalue weighted by atomic mass is 10.4. The average Bonchev–Trinajstić information content (AvgIpc) is 2.85. The summed E-state index contributed by atoms with van der Waals surface area (Å²) in [6.07, 6.45) is 3.77. The Balaban J connectivity index is 1.87. The van der Waals surface area contributed by atoms with Gasteiger partial charge in [-0.05, 0) is 6.92 Å². The van der Waals surface area contributed by atoms with E-state index in [2.05, 4.69) is 24.5 Å². The molecular weight excluding hydrogens is 246 g/mol. The molecule has 0 amide bonds. The van der Waals surface area contributed by atoms with E-state index in [4.69, 9.17) is 10.5 Å². The first-order valence-electron chi connectivity index (χ1n) is 6.15. The molecule has 0 radical (unpaired) electrons. The summed E-state index contributed by atoms with van der Waals surface area (Å²) in [6.45, 7) is 4.68. The van der Waals surface area contributed by atoms with Crippen molar-refractivity contribution < 1.29 is 4.74 Å². The molecule has 8 nitrogen and oxygen atoms in total. The van der Waals surface area contributed by atoms with E-state index >= 15 is 0 Å². The van der Waals surface area contributed by atoms with Gasteiger partial charge in [0, 0.05) is 25.5 Å². The Morgan fingerprint density at radius 1 is 1.32 bits per heavy atom. The Morgan fingerprint density at radius 2 is 2.21 bits per heavy atom. The molecule has 19 heavy (non-hydrogen) atoms. The third kappa shape index (κ3) is 2.28. The highest BCUT2D eigenvalue weighted by Crippen LogP contribution is 2.18. The molecule has 0 bridgehead atoms. The molecule has 0 spiro atoms. The predicted octanol–water partition coefficient (Wildman–Crippen LogP) is 0.0692. The number of rotatable bonds is 3. The number of nitrogens with zero attached hydrogens (tertiary/aromatic N) is 6. The van der Waals surface area contributed by atoms with E-state index in [0.29, 0.717) is 19.1 Å². The molecule has 2 aromatic rings. The van der Waals surface area contributed by atoms with Crippen LogP contribution < -0.4 is 15.4 Å². The van der Waals surface area contributed by atoms with E-state index in [0.717, 1.165) is 18.9 Å². The number of imidazole rings is 1. The molecule has 1 aliphatic rings. The van der Waals surface area contributed by atoms with Crippen LogP contribution in [-0.4, -0.2) is 37.7 Å². The first-order valence-corrected chi connectivity index (χ1v) is 6.15. The van der Waals surface area contributed by atoms with Crippen molar-refractivity contribution in [3.63, 3.8) is 0 Å². The molecule has 100 valence electrons. The second kappa shape index (κ2) is 4.71. The number of anilines is 2. The van der Waals surface area contributed by atoms with E-state index in [1.54, 1.807) is 6.20 Å². The molecule has 3 heterocycles. The van der Waals surface area contributed by atoms with Gasteiger partial charge < -0.3 is 19.9 Å². The zero-order valence-electron chi connectivity index (χ0n) is 10.7. The molecule has 0 aromatic carbocycles. The maximum absolute atomic E-state index is 5.68. The van der Waals surface area contributed by atoms with Crippen LogP contribution in [0.1, 0.15) is 12.7 Å². The predicted molar refractivity (Wildman–Crippen MR) is 68.7 cm³/mol.